The molecule has 0 aromatic heterocycles. The van der Waals surface area contributed by atoms with Gasteiger partial charge in [0.25, 0.3) is 0 Å². The summed E-state index contributed by atoms with van der Waals surface area (Å²) in [6.45, 7) is 4.25. The number of benzene rings is 2. The molecule has 0 heterocycles. The van der Waals surface area contributed by atoms with Gasteiger partial charge in [-0.1, -0.05) is 29.8 Å². The molecule has 0 radical (unpaired) electrons. The van der Waals surface area contributed by atoms with E-state index in [0.717, 1.165) is 23.4 Å². The molecule has 0 amide bonds. The number of methoxy groups -OCH3 is 1. The maximum Gasteiger partial charge on any atom is 0.161 e. The van der Waals surface area contributed by atoms with Crippen molar-refractivity contribution < 1.29 is 19.4 Å². The molecule has 2 aromatic carbocycles. The average Bonchev–Trinajstić information content (AvgIpc) is 3.55. The molecule has 3 rings (SSSR count). The first-order valence-electron chi connectivity index (χ1n) is 9.90. The minimum atomic E-state index is -0.669. The van der Waals surface area contributed by atoms with E-state index in [1.54, 1.807) is 18.2 Å². The lowest BCUT2D eigenvalue weighted by molar-refractivity contribution is 0.0501. The molecule has 2 aromatic rings. The topological polar surface area (TPSA) is 59.0 Å². The molecule has 156 valence electrons. The number of ketones is 1. The molecule has 1 aliphatic carbocycles. The molecule has 0 aliphatic heterocycles. The molecule has 1 saturated carbocycles. The number of nitrogens with zero attached hydrogens (tertiary/aromatic N) is 1. The van der Waals surface area contributed by atoms with Crippen LogP contribution < -0.4 is 9.47 Å². The number of Topliss-reactive ketones (excluding diaryl/α,β-unsaturated/α-hetero) is 1. The number of hydrogen-bond donors (Lipinski definition) is 1. The third kappa shape index (κ3) is 5.50. The summed E-state index contributed by atoms with van der Waals surface area (Å²) in [6.07, 6.45) is 1.59. The lowest BCUT2D eigenvalue weighted by Gasteiger charge is -2.32. The van der Waals surface area contributed by atoms with Gasteiger partial charge in [0.2, 0.25) is 0 Å². The number of ether oxygens (including phenoxy) is 2. The van der Waals surface area contributed by atoms with Crippen molar-refractivity contribution in [2.75, 3.05) is 20.3 Å². The van der Waals surface area contributed by atoms with E-state index in [0.29, 0.717) is 29.6 Å². The van der Waals surface area contributed by atoms with E-state index in [1.165, 1.54) is 14.0 Å². The lowest BCUT2D eigenvalue weighted by atomic mass is 10.1. The number of aliphatic hydroxyl groups is 1. The van der Waals surface area contributed by atoms with Crippen molar-refractivity contribution in [2.24, 2.45) is 0 Å². The zero-order valence-corrected chi connectivity index (χ0v) is 17.9. The number of rotatable bonds is 10. The third-order valence-electron chi connectivity index (χ3n) is 5.29. The van der Waals surface area contributed by atoms with Crippen molar-refractivity contribution in [3.05, 3.63) is 58.6 Å². The van der Waals surface area contributed by atoms with Gasteiger partial charge in [-0.2, -0.15) is 0 Å². The molecule has 0 spiro atoms. The van der Waals surface area contributed by atoms with E-state index in [2.05, 4.69) is 11.8 Å². The van der Waals surface area contributed by atoms with Crippen molar-refractivity contribution in [3.8, 4) is 11.5 Å². The Bertz CT molecular complexity index is 853. The smallest absolute Gasteiger partial charge is 0.161 e. The van der Waals surface area contributed by atoms with E-state index in [-0.39, 0.29) is 18.4 Å². The monoisotopic (exact) mass is 417 g/mol. The number of aliphatic hydroxyl groups excluding tert-OH is 1. The van der Waals surface area contributed by atoms with Crippen LogP contribution >= 0.6 is 11.6 Å². The molecule has 0 bridgehead atoms. The Morgan fingerprint density at radius 1 is 1.24 bits per heavy atom. The summed E-state index contributed by atoms with van der Waals surface area (Å²) in [6, 6.07) is 13.5. The summed E-state index contributed by atoms with van der Waals surface area (Å²) >= 11 is 6.38. The Labute approximate surface area is 177 Å². The first kappa shape index (κ1) is 21.6. The van der Waals surface area contributed by atoms with Gasteiger partial charge in [0.05, 0.1) is 7.11 Å². The number of halogens is 1. The first-order chi connectivity index (χ1) is 13.9. The molecular weight excluding hydrogens is 390 g/mol. The molecule has 5 nitrogen and oxygen atoms in total. The lowest BCUT2D eigenvalue weighted by Crippen LogP contribution is -2.38. The van der Waals surface area contributed by atoms with Gasteiger partial charge in [0.15, 0.2) is 17.3 Å². The van der Waals surface area contributed by atoms with Crippen molar-refractivity contribution in [3.63, 3.8) is 0 Å². The van der Waals surface area contributed by atoms with Crippen molar-refractivity contribution in [2.45, 2.75) is 44.9 Å². The van der Waals surface area contributed by atoms with Crippen LogP contribution in [0, 0.1) is 0 Å². The fourth-order valence-electron chi connectivity index (χ4n) is 3.51. The number of carbonyl (C=O) groups is 1. The summed E-state index contributed by atoms with van der Waals surface area (Å²) in [5, 5.41) is 11.4. The highest BCUT2D eigenvalue weighted by Gasteiger charge is 2.34. The summed E-state index contributed by atoms with van der Waals surface area (Å²) in [5.41, 5.74) is 1.62. The normalized spacial score (nSPS) is 15.8. The molecule has 1 aliphatic rings. The maximum absolute atomic E-state index is 11.5. The van der Waals surface area contributed by atoms with E-state index in [1.807, 2.05) is 24.3 Å². The third-order valence-corrected chi connectivity index (χ3v) is 5.64. The van der Waals surface area contributed by atoms with Gasteiger partial charge in [-0.25, -0.2) is 0 Å². The summed E-state index contributed by atoms with van der Waals surface area (Å²) in [7, 11) is 1.53. The first-order valence-corrected chi connectivity index (χ1v) is 10.3. The second-order valence-corrected chi connectivity index (χ2v) is 7.92. The Kier molecular flexibility index (Phi) is 7.17. The fourth-order valence-corrected chi connectivity index (χ4v) is 3.80. The molecule has 2 atom stereocenters. The van der Waals surface area contributed by atoms with Crippen LogP contribution in [0.1, 0.15) is 48.7 Å². The Hall–Kier alpha value is -2.08. The van der Waals surface area contributed by atoms with Gasteiger partial charge in [0.1, 0.15) is 12.7 Å². The molecule has 1 N–H and O–H groups in total. The summed E-state index contributed by atoms with van der Waals surface area (Å²) < 4.78 is 11.1. The van der Waals surface area contributed by atoms with Crippen molar-refractivity contribution in [1.82, 2.24) is 4.90 Å². The van der Waals surface area contributed by atoms with Gasteiger partial charge >= 0.3 is 0 Å². The Morgan fingerprint density at radius 2 is 1.97 bits per heavy atom. The van der Waals surface area contributed by atoms with Crippen LogP contribution in [-0.4, -0.2) is 48.2 Å². The van der Waals surface area contributed by atoms with Gasteiger partial charge in [0, 0.05) is 29.2 Å². The predicted octanol–water partition coefficient (Wildman–Crippen LogP) is 4.52. The van der Waals surface area contributed by atoms with Crippen molar-refractivity contribution in [1.29, 1.82) is 0 Å². The van der Waals surface area contributed by atoms with Gasteiger partial charge in [-0.05, 0) is 56.5 Å². The van der Waals surface area contributed by atoms with Crippen LogP contribution in [0.3, 0.4) is 0 Å². The van der Waals surface area contributed by atoms with Crippen LogP contribution in [0.4, 0.5) is 0 Å². The second-order valence-electron chi connectivity index (χ2n) is 7.51. The zero-order chi connectivity index (χ0) is 21.0. The molecule has 1 fully saturated rings. The maximum atomic E-state index is 11.5. The molecule has 6 heteroatoms. The van der Waals surface area contributed by atoms with Crippen LogP contribution in [-0.2, 0) is 0 Å². The predicted molar refractivity (Wildman–Crippen MR) is 114 cm³/mol. The fraction of sp³-hybridized carbons (Fsp3) is 0.435. The molecule has 2 unspecified atom stereocenters. The van der Waals surface area contributed by atoms with Crippen LogP contribution in [0.5, 0.6) is 11.5 Å². The molecule has 0 saturated heterocycles. The number of carbonyl (C=O) groups excluding carboxylic acids is 1. The van der Waals surface area contributed by atoms with E-state index in [9.17, 15) is 9.90 Å². The zero-order valence-electron chi connectivity index (χ0n) is 17.1. The Balaban J connectivity index is 1.64. The van der Waals surface area contributed by atoms with E-state index in [4.69, 9.17) is 21.1 Å². The highest BCUT2D eigenvalue weighted by atomic mass is 35.5. The standard InChI is InChI=1S/C23H28ClNO4/c1-15(20-6-4-5-7-21(20)24)25(18-9-10-18)13-19(27)14-29-22-11-8-17(16(2)26)12-23(22)28-3/h4-8,11-12,15,18-19,27H,9-10,13-14H2,1-3H3. The van der Waals surface area contributed by atoms with Gasteiger partial charge in [-0.3, -0.25) is 9.69 Å². The summed E-state index contributed by atoms with van der Waals surface area (Å²) in [5.74, 6) is 0.950. The quantitative estimate of drug-likeness (QED) is 0.576. The number of hydrogen-bond acceptors (Lipinski definition) is 5. The minimum Gasteiger partial charge on any atom is -0.493 e. The second kappa shape index (κ2) is 9.61. The SMILES string of the molecule is COc1cc(C(C)=O)ccc1OCC(O)CN(C1CC1)C(C)c1ccccc1Cl. The van der Waals surface area contributed by atoms with E-state index < -0.39 is 6.10 Å². The van der Waals surface area contributed by atoms with Crippen LogP contribution in [0.25, 0.3) is 0 Å². The van der Waals surface area contributed by atoms with Crippen molar-refractivity contribution >= 4 is 17.4 Å². The summed E-state index contributed by atoms with van der Waals surface area (Å²) in [4.78, 5) is 13.8. The van der Waals surface area contributed by atoms with Crippen LogP contribution in [0.15, 0.2) is 42.5 Å². The average molecular weight is 418 g/mol. The highest BCUT2D eigenvalue weighted by molar-refractivity contribution is 6.31. The highest BCUT2D eigenvalue weighted by Crippen LogP contribution is 2.36. The van der Waals surface area contributed by atoms with E-state index >= 15 is 0 Å². The van der Waals surface area contributed by atoms with Crippen LogP contribution in [0.2, 0.25) is 5.02 Å². The van der Waals surface area contributed by atoms with Gasteiger partial charge < -0.3 is 14.6 Å². The largest absolute Gasteiger partial charge is 0.493 e. The molecular formula is C23H28ClNO4. The molecule has 29 heavy (non-hydrogen) atoms. The Morgan fingerprint density at radius 3 is 2.59 bits per heavy atom. The van der Waals surface area contributed by atoms with Gasteiger partial charge in [-0.15, -0.1) is 0 Å². The minimum absolute atomic E-state index is 0.0384.